The third-order valence-corrected chi connectivity index (χ3v) is 3.08. The molecule has 20 heavy (non-hydrogen) atoms. The SMILES string of the molecule is Cc1ccc(-c2ccnc(C#N)c2OS(C)(=O)=O)cc1. The van der Waals surface area contributed by atoms with Crippen molar-refractivity contribution in [3.8, 4) is 22.9 Å². The maximum Gasteiger partial charge on any atom is 0.306 e. The normalized spacial score (nSPS) is 10.8. The molecule has 0 unspecified atom stereocenters. The van der Waals surface area contributed by atoms with Crippen LogP contribution in [-0.4, -0.2) is 19.7 Å². The topological polar surface area (TPSA) is 80.0 Å². The Morgan fingerprint density at radius 1 is 1.20 bits per heavy atom. The number of nitrogens with zero attached hydrogens (tertiary/aromatic N) is 2. The molecule has 0 amide bonds. The van der Waals surface area contributed by atoms with Gasteiger partial charge in [-0.25, -0.2) is 4.98 Å². The van der Waals surface area contributed by atoms with Crippen LogP contribution in [0.2, 0.25) is 0 Å². The third kappa shape index (κ3) is 3.13. The summed E-state index contributed by atoms with van der Waals surface area (Å²) in [6.45, 7) is 1.95. The summed E-state index contributed by atoms with van der Waals surface area (Å²) in [5.74, 6) is -0.0404. The molecule has 1 aromatic heterocycles. The van der Waals surface area contributed by atoms with E-state index in [0.717, 1.165) is 17.4 Å². The Balaban J connectivity index is 2.64. The molecule has 102 valence electrons. The molecule has 2 rings (SSSR count). The molecule has 0 saturated heterocycles. The summed E-state index contributed by atoms with van der Waals surface area (Å²) >= 11 is 0. The van der Waals surface area contributed by atoms with Gasteiger partial charge in [0.2, 0.25) is 0 Å². The highest BCUT2D eigenvalue weighted by Gasteiger charge is 2.17. The van der Waals surface area contributed by atoms with Gasteiger partial charge in [-0.1, -0.05) is 29.8 Å². The van der Waals surface area contributed by atoms with E-state index < -0.39 is 10.1 Å². The summed E-state index contributed by atoms with van der Waals surface area (Å²) in [6.07, 6.45) is 2.38. The number of aryl methyl sites for hydroxylation is 1. The first kappa shape index (κ1) is 14.0. The zero-order valence-electron chi connectivity index (χ0n) is 11.0. The Labute approximate surface area is 117 Å². The summed E-state index contributed by atoms with van der Waals surface area (Å²) < 4.78 is 27.6. The number of pyridine rings is 1. The monoisotopic (exact) mass is 288 g/mol. The molecule has 1 aromatic carbocycles. The molecule has 0 N–H and O–H groups in total. The molecule has 1 heterocycles. The van der Waals surface area contributed by atoms with Gasteiger partial charge in [-0.15, -0.1) is 0 Å². The fourth-order valence-electron chi connectivity index (χ4n) is 1.72. The smallest absolute Gasteiger partial charge is 0.306 e. The minimum absolute atomic E-state index is 0.0404. The Hall–Kier alpha value is -2.39. The Morgan fingerprint density at radius 3 is 2.40 bits per heavy atom. The number of nitriles is 1. The Morgan fingerprint density at radius 2 is 1.85 bits per heavy atom. The third-order valence-electron chi connectivity index (χ3n) is 2.61. The van der Waals surface area contributed by atoms with Gasteiger partial charge in [0, 0.05) is 11.8 Å². The van der Waals surface area contributed by atoms with Crippen LogP contribution in [0.15, 0.2) is 36.5 Å². The second-order valence-electron chi connectivity index (χ2n) is 4.30. The molecular formula is C14H12N2O3S. The van der Waals surface area contributed by atoms with Crippen LogP contribution in [0.4, 0.5) is 0 Å². The molecule has 0 atom stereocenters. The van der Waals surface area contributed by atoms with Gasteiger partial charge in [-0.3, -0.25) is 0 Å². The van der Waals surface area contributed by atoms with Crippen LogP contribution in [-0.2, 0) is 10.1 Å². The molecule has 0 spiro atoms. The predicted molar refractivity (Wildman–Crippen MR) is 74.6 cm³/mol. The summed E-state index contributed by atoms with van der Waals surface area (Å²) in [5.41, 5.74) is 2.29. The summed E-state index contributed by atoms with van der Waals surface area (Å²) in [7, 11) is -3.74. The zero-order valence-corrected chi connectivity index (χ0v) is 11.8. The van der Waals surface area contributed by atoms with E-state index in [1.165, 1.54) is 6.20 Å². The van der Waals surface area contributed by atoms with Crippen LogP contribution < -0.4 is 4.18 Å². The molecule has 0 fully saturated rings. The predicted octanol–water partition coefficient (Wildman–Crippen LogP) is 2.27. The number of aromatic nitrogens is 1. The van der Waals surface area contributed by atoms with E-state index in [1.54, 1.807) is 6.07 Å². The number of hydrogen-bond donors (Lipinski definition) is 0. The van der Waals surface area contributed by atoms with Gasteiger partial charge in [0.15, 0.2) is 11.4 Å². The molecule has 0 aliphatic heterocycles. The highest BCUT2D eigenvalue weighted by Crippen LogP contribution is 2.32. The standard InChI is InChI=1S/C14H12N2O3S/c1-10-3-5-11(6-4-10)12-7-8-16-13(9-15)14(12)19-20(2,17)18/h3-8H,1-2H3. The second-order valence-corrected chi connectivity index (χ2v) is 5.88. The number of rotatable bonds is 3. The molecule has 0 saturated carbocycles. The van der Waals surface area contributed by atoms with Crippen LogP contribution >= 0.6 is 0 Å². The summed E-state index contributed by atoms with van der Waals surface area (Å²) in [6, 6.07) is 10.9. The van der Waals surface area contributed by atoms with Crippen molar-refractivity contribution in [3.63, 3.8) is 0 Å². The number of hydrogen-bond acceptors (Lipinski definition) is 5. The minimum Gasteiger partial charge on any atom is -0.379 e. The lowest BCUT2D eigenvalue weighted by Gasteiger charge is -2.10. The average Bonchev–Trinajstić information content (AvgIpc) is 2.38. The van der Waals surface area contributed by atoms with E-state index in [2.05, 4.69) is 4.98 Å². The van der Waals surface area contributed by atoms with Crippen molar-refractivity contribution in [2.45, 2.75) is 6.92 Å². The fourth-order valence-corrected chi connectivity index (χ4v) is 2.20. The molecule has 6 heteroatoms. The van der Waals surface area contributed by atoms with Crippen molar-refractivity contribution in [1.29, 1.82) is 5.26 Å². The highest BCUT2D eigenvalue weighted by atomic mass is 32.2. The van der Waals surface area contributed by atoms with E-state index in [9.17, 15) is 8.42 Å². The van der Waals surface area contributed by atoms with Crippen LogP contribution in [0.3, 0.4) is 0 Å². The molecular weight excluding hydrogens is 276 g/mol. The van der Waals surface area contributed by atoms with Crippen LogP contribution in [0, 0.1) is 18.3 Å². The summed E-state index contributed by atoms with van der Waals surface area (Å²) in [5, 5.41) is 9.04. The first-order valence-corrected chi connectivity index (χ1v) is 7.58. The van der Waals surface area contributed by atoms with E-state index in [1.807, 2.05) is 37.3 Å². The van der Waals surface area contributed by atoms with Gasteiger partial charge in [-0.2, -0.15) is 13.7 Å². The lowest BCUT2D eigenvalue weighted by molar-refractivity contribution is 0.491. The Bertz CT molecular complexity index is 775. The molecule has 0 aliphatic rings. The minimum atomic E-state index is -3.74. The van der Waals surface area contributed by atoms with E-state index in [4.69, 9.17) is 9.44 Å². The largest absolute Gasteiger partial charge is 0.379 e. The maximum atomic E-state index is 11.3. The van der Waals surface area contributed by atoms with E-state index in [0.29, 0.717) is 5.56 Å². The van der Waals surface area contributed by atoms with E-state index in [-0.39, 0.29) is 11.4 Å². The van der Waals surface area contributed by atoms with Gasteiger partial charge < -0.3 is 4.18 Å². The Kier molecular flexibility index (Phi) is 3.72. The average molecular weight is 288 g/mol. The lowest BCUT2D eigenvalue weighted by Crippen LogP contribution is -2.08. The first-order valence-electron chi connectivity index (χ1n) is 5.76. The van der Waals surface area contributed by atoms with Crippen molar-refractivity contribution in [3.05, 3.63) is 47.8 Å². The maximum absolute atomic E-state index is 11.3. The quantitative estimate of drug-likeness (QED) is 0.809. The summed E-state index contributed by atoms with van der Waals surface area (Å²) in [4.78, 5) is 3.83. The molecule has 0 aliphatic carbocycles. The van der Waals surface area contributed by atoms with Gasteiger partial charge in [0.05, 0.1) is 6.26 Å². The van der Waals surface area contributed by atoms with Crippen molar-refractivity contribution >= 4 is 10.1 Å². The highest BCUT2D eigenvalue weighted by molar-refractivity contribution is 7.86. The van der Waals surface area contributed by atoms with Crippen LogP contribution in [0.1, 0.15) is 11.3 Å². The van der Waals surface area contributed by atoms with E-state index >= 15 is 0 Å². The number of benzene rings is 1. The molecule has 2 aromatic rings. The van der Waals surface area contributed by atoms with Gasteiger partial charge in [0.1, 0.15) is 6.07 Å². The zero-order chi connectivity index (χ0) is 14.8. The van der Waals surface area contributed by atoms with Gasteiger partial charge in [0.25, 0.3) is 0 Å². The van der Waals surface area contributed by atoms with Crippen molar-refractivity contribution in [2.75, 3.05) is 6.26 Å². The van der Waals surface area contributed by atoms with Gasteiger partial charge in [-0.05, 0) is 18.6 Å². The molecule has 0 radical (unpaired) electrons. The lowest BCUT2D eigenvalue weighted by atomic mass is 10.0. The van der Waals surface area contributed by atoms with Crippen LogP contribution in [0.25, 0.3) is 11.1 Å². The van der Waals surface area contributed by atoms with Crippen molar-refractivity contribution in [2.24, 2.45) is 0 Å². The first-order chi connectivity index (χ1) is 9.40. The molecule has 5 nitrogen and oxygen atoms in total. The molecule has 0 bridgehead atoms. The fraction of sp³-hybridized carbons (Fsp3) is 0.143. The van der Waals surface area contributed by atoms with Gasteiger partial charge >= 0.3 is 10.1 Å². The second kappa shape index (κ2) is 5.31. The van der Waals surface area contributed by atoms with Crippen molar-refractivity contribution < 1.29 is 12.6 Å². The van der Waals surface area contributed by atoms with Crippen molar-refractivity contribution in [1.82, 2.24) is 4.98 Å². The van der Waals surface area contributed by atoms with Crippen LogP contribution in [0.5, 0.6) is 5.75 Å².